The van der Waals surface area contributed by atoms with Crippen molar-refractivity contribution in [1.82, 2.24) is 0 Å². The molecule has 1 aliphatic heterocycles. The molecule has 0 spiro atoms. The average molecular weight is 531 g/mol. The fourth-order valence-corrected chi connectivity index (χ4v) is 4.34. The smallest absolute Gasteiger partial charge is 0.308 e. The fraction of sp³-hybridized carbons (Fsp3) is 0.857. The summed E-state index contributed by atoms with van der Waals surface area (Å²) in [6.45, 7) is 5.82. The molecule has 1 aliphatic rings. The van der Waals surface area contributed by atoms with Crippen molar-refractivity contribution in [2.45, 2.75) is 154 Å². The number of unbranched alkanes of at least 4 members (excludes halogenated alkanes) is 8. The zero-order chi connectivity index (χ0) is 27.6. The molecule has 1 fully saturated rings. The zero-order valence-corrected chi connectivity index (χ0v) is 22.9. The summed E-state index contributed by atoms with van der Waals surface area (Å²) in [6.07, 6.45) is 7.28. The SMILES string of the molecule is CCCCC=CCC(CC(=O)OC(CCCCCCCCC)CC(=O)O)OC1OC(C)C(O)C(O)C1O. The van der Waals surface area contributed by atoms with Gasteiger partial charge >= 0.3 is 11.9 Å². The normalized spacial score (nSPS) is 25.7. The first-order valence-corrected chi connectivity index (χ1v) is 14.1. The number of carboxylic acid groups (broad SMARTS) is 1. The van der Waals surface area contributed by atoms with Crippen molar-refractivity contribution in [3.63, 3.8) is 0 Å². The lowest BCUT2D eigenvalue weighted by molar-refractivity contribution is -0.304. The van der Waals surface area contributed by atoms with Gasteiger partial charge < -0.3 is 34.6 Å². The predicted molar refractivity (Wildman–Crippen MR) is 140 cm³/mol. The first-order valence-electron chi connectivity index (χ1n) is 14.1. The molecule has 1 rings (SSSR count). The van der Waals surface area contributed by atoms with Crippen molar-refractivity contribution < 1.29 is 44.2 Å². The van der Waals surface area contributed by atoms with Crippen molar-refractivity contribution >= 4 is 11.9 Å². The van der Waals surface area contributed by atoms with Crippen LogP contribution in [0.2, 0.25) is 0 Å². The highest BCUT2D eigenvalue weighted by atomic mass is 16.7. The highest BCUT2D eigenvalue weighted by molar-refractivity contribution is 5.72. The molecule has 0 aromatic heterocycles. The topological polar surface area (TPSA) is 143 Å². The van der Waals surface area contributed by atoms with Gasteiger partial charge in [-0.3, -0.25) is 9.59 Å². The first kappa shape index (κ1) is 33.5. The third-order valence-corrected chi connectivity index (χ3v) is 6.65. The third kappa shape index (κ3) is 14.3. The second kappa shape index (κ2) is 19.5. The van der Waals surface area contributed by atoms with Crippen LogP contribution < -0.4 is 0 Å². The molecule has 0 aliphatic carbocycles. The van der Waals surface area contributed by atoms with E-state index in [-0.39, 0.29) is 12.8 Å². The standard InChI is InChI=1S/C28H50O9/c1-4-6-8-10-11-13-15-16-21(18-23(29)30)36-24(31)19-22(17-14-12-9-7-5-2)37-28-27(34)26(33)25(32)20(3)35-28/h12,14,20-22,25-28,32-34H,4-11,13,15-19H2,1-3H3,(H,29,30). The number of aliphatic hydroxyl groups is 3. The van der Waals surface area contributed by atoms with Crippen LogP contribution in [-0.2, 0) is 23.8 Å². The Kier molecular flexibility index (Phi) is 17.7. The fourth-order valence-electron chi connectivity index (χ4n) is 4.34. The van der Waals surface area contributed by atoms with Crippen LogP contribution in [0, 0.1) is 0 Å². The maximum Gasteiger partial charge on any atom is 0.308 e. The second-order valence-corrected chi connectivity index (χ2v) is 10.1. The van der Waals surface area contributed by atoms with Crippen molar-refractivity contribution in [1.29, 1.82) is 0 Å². The highest BCUT2D eigenvalue weighted by Gasteiger charge is 2.43. The number of ether oxygens (including phenoxy) is 3. The molecule has 0 amide bonds. The largest absolute Gasteiger partial charge is 0.481 e. The Morgan fingerprint density at radius 3 is 2.14 bits per heavy atom. The molecule has 0 saturated carbocycles. The van der Waals surface area contributed by atoms with Crippen LogP contribution in [-0.4, -0.2) is 75.3 Å². The van der Waals surface area contributed by atoms with Gasteiger partial charge in [0.25, 0.3) is 0 Å². The van der Waals surface area contributed by atoms with E-state index in [0.717, 1.165) is 44.9 Å². The lowest BCUT2D eigenvalue weighted by Crippen LogP contribution is -2.58. The Bertz CT molecular complexity index is 654. The van der Waals surface area contributed by atoms with Gasteiger partial charge in [-0.05, 0) is 32.6 Å². The summed E-state index contributed by atoms with van der Waals surface area (Å²) in [7, 11) is 0. The summed E-state index contributed by atoms with van der Waals surface area (Å²) >= 11 is 0. The van der Waals surface area contributed by atoms with Crippen LogP contribution in [0.3, 0.4) is 0 Å². The summed E-state index contributed by atoms with van der Waals surface area (Å²) in [6, 6.07) is 0. The van der Waals surface area contributed by atoms with Gasteiger partial charge in [0, 0.05) is 0 Å². The zero-order valence-electron chi connectivity index (χ0n) is 22.9. The Morgan fingerprint density at radius 1 is 0.838 bits per heavy atom. The van der Waals surface area contributed by atoms with Gasteiger partial charge in [-0.1, -0.05) is 77.4 Å². The van der Waals surface area contributed by atoms with Crippen LogP contribution in [0.4, 0.5) is 0 Å². The minimum atomic E-state index is -1.48. The lowest BCUT2D eigenvalue weighted by Gasteiger charge is -2.40. The quantitative estimate of drug-likeness (QED) is 0.103. The number of hydrogen-bond donors (Lipinski definition) is 4. The molecule has 9 nitrogen and oxygen atoms in total. The monoisotopic (exact) mass is 530 g/mol. The molecule has 216 valence electrons. The van der Waals surface area contributed by atoms with Gasteiger partial charge in [-0.15, -0.1) is 0 Å². The van der Waals surface area contributed by atoms with E-state index in [9.17, 15) is 30.0 Å². The third-order valence-electron chi connectivity index (χ3n) is 6.65. The minimum absolute atomic E-state index is 0.162. The summed E-state index contributed by atoms with van der Waals surface area (Å²) in [5, 5.41) is 39.6. The van der Waals surface area contributed by atoms with Crippen molar-refractivity contribution in [3.8, 4) is 0 Å². The van der Waals surface area contributed by atoms with Crippen LogP contribution in [0.25, 0.3) is 0 Å². The molecule has 7 unspecified atom stereocenters. The summed E-state index contributed by atoms with van der Waals surface area (Å²) < 4.78 is 16.9. The van der Waals surface area contributed by atoms with Gasteiger partial charge in [-0.2, -0.15) is 0 Å². The van der Waals surface area contributed by atoms with Gasteiger partial charge in [0.15, 0.2) is 6.29 Å². The van der Waals surface area contributed by atoms with Crippen molar-refractivity contribution in [2.75, 3.05) is 0 Å². The summed E-state index contributed by atoms with van der Waals surface area (Å²) in [5.74, 6) is -1.60. The molecule has 0 aromatic carbocycles. The number of aliphatic hydroxyl groups excluding tert-OH is 3. The predicted octanol–water partition coefficient (Wildman–Crippen LogP) is 4.25. The molecular weight excluding hydrogens is 480 g/mol. The number of aliphatic carboxylic acids is 1. The van der Waals surface area contributed by atoms with Crippen LogP contribution in [0.15, 0.2) is 12.2 Å². The summed E-state index contributed by atoms with van der Waals surface area (Å²) in [5.41, 5.74) is 0. The number of carboxylic acids is 1. The van der Waals surface area contributed by atoms with Crippen molar-refractivity contribution in [3.05, 3.63) is 12.2 Å². The van der Waals surface area contributed by atoms with E-state index in [4.69, 9.17) is 14.2 Å². The Morgan fingerprint density at radius 2 is 1.49 bits per heavy atom. The molecule has 0 bridgehead atoms. The second-order valence-electron chi connectivity index (χ2n) is 10.1. The number of hydrogen-bond acceptors (Lipinski definition) is 8. The number of esters is 1. The van der Waals surface area contributed by atoms with Crippen molar-refractivity contribution in [2.24, 2.45) is 0 Å². The van der Waals surface area contributed by atoms with Crippen LogP contribution in [0.1, 0.15) is 111 Å². The van der Waals surface area contributed by atoms with E-state index in [0.29, 0.717) is 12.8 Å². The van der Waals surface area contributed by atoms with Crippen LogP contribution >= 0.6 is 0 Å². The maximum absolute atomic E-state index is 12.8. The molecule has 0 radical (unpaired) electrons. The van der Waals surface area contributed by atoms with E-state index >= 15 is 0 Å². The molecule has 1 heterocycles. The molecule has 37 heavy (non-hydrogen) atoms. The van der Waals surface area contributed by atoms with E-state index < -0.39 is 54.9 Å². The molecule has 0 aromatic rings. The number of carbonyl (C=O) groups is 2. The molecule has 9 heteroatoms. The number of carbonyl (C=O) groups excluding carboxylic acids is 1. The highest BCUT2D eigenvalue weighted by Crippen LogP contribution is 2.25. The minimum Gasteiger partial charge on any atom is -0.481 e. The lowest BCUT2D eigenvalue weighted by atomic mass is 10.00. The number of rotatable bonds is 20. The van der Waals surface area contributed by atoms with Gasteiger partial charge in [0.05, 0.1) is 25.0 Å². The Balaban J connectivity index is 2.71. The Labute approximate surface area is 222 Å². The molecule has 7 atom stereocenters. The van der Waals surface area contributed by atoms with E-state index in [2.05, 4.69) is 13.8 Å². The van der Waals surface area contributed by atoms with Gasteiger partial charge in [0.2, 0.25) is 0 Å². The van der Waals surface area contributed by atoms with Crippen LogP contribution in [0.5, 0.6) is 0 Å². The van der Waals surface area contributed by atoms with Gasteiger partial charge in [-0.25, -0.2) is 0 Å². The first-order chi connectivity index (χ1) is 17.7. The molecule has 4 N–H and O–H groups in total. The summed E-state index contributed by atoms with van der Waals surface area (Å²) in [4.78, 5) is 24.1. The van der Waals surface area contributed by atoms with E-state index in [1.807, 2.05) is 12.2 Å². The average Bonchev–Trinajstić information content (AvgIpc) is 2.84. The Hall–Kier alpha value is -1.52. The van der Waals surface area contributed by atoms with E-state index in [1.54, 1.807) is 6.92 Å². The number of allylic oxidation sites excluding steroid dienone is 1. The molecular formula is C28H50O9. The van der Waals surface area contributed by atoms with E-state index in [1.165, 1.54) is 19.3 Å². The maximum atomic E-state index is 12.8. The van der Waals surface area contributed by atoms with Gasteiger partial charge in [0.1, 0.15) is 24.4 Å². The molecule has 1 saturated heterocycles.